The van der Waals surface area contributed by atoms with Crippen LogP contribution in [-0.4, -0.2) is 26.1 Å². The predicted molar refractivity (Wildman–Crippen MR) is 116 cm³/mol. The molecule has 3 aromatic rings. The third-order valence-corrected chi connectivity index (χ3v) is 4.85. The molecule has 1 amide bonds. The minimum atomic E-state index is -0.501. The van der Waals surface area contributed by atoms with Crippen molar-refractivity contribution in [2.75, 3.05) is 5.32 Å². The molecule has 158 valence electrons. The Morgan fingerprint density at radius 2 is 1.67 bits per heavy atom. The van der Waals surface area contributed by atoms with Crippen molar-refractivity contribution in [3.63, 3.8) is 0 Å². The van der Waals surface area contributed by atoms with Gasteiger partial charge in [0.1, 0.15) is 11.1 Å². The molecule has 0 atom stereocenters. The fourth-order valence-corrected chi connectivity index (χ4v) is 3.26. The first-order chi connectivity index (χ1) is 14.1. The summed E-state index contributed by atoms with van der Waals surface area (Å²) in [5.41, 5.74) is 0.760. The maximum Gasteiger partial charge on any atom is 0.332 e. The van der Waals surface area contributed by atoms with Gasteiger partial charge in [-0.1, -0.05) is 13.8 Å². The molecule has 0 unspecified atom stereocenters. The maximum atomic E-state index is 13.0. The zero-order valence-corrected chi connectivity index (χ0v) is 18.0. The van der Waals surface area contributed by atoms with Gasteiger partial charge in [-0.15, -0.1) is 0 Å². The van der Waals surface area contributed by atoms with Crippen molar-refractivity contribution in [2.45, 2.75) is 39.7 Å². The highest BCUT2D eigenvalue weighted by Crippen LogP contribution is 2.29. The molecule has 2 heterocycles. The summed E-state index contributed by atoms with van der Waals surface area (Å²) in [6.45, 7) is 7.75. The molecule has 0 bridgehead atoms. The van der Waals surface area contributed by atoms with E-state index in [2.05, 4.69) is 10.3 Å². The number of nitrogens with zero attached hydrogens (tertiary/aromatic N) is 3. The van der Waals surface area contributed by atoms with Crippen LogP contribution in [0.2, 0.25) is 0 Å². The number of carbonyl (C=O) groups excluding carboxylic acids is 1. The van der Waals surface area contributed by atoms with Crippen molar-refractivity contribution >= 4 is 22.6 Å². The predicted octanol–water partition coefficient (Wildman–Crippen LogP) is 2.80. The molecule has 0 aliphatic rings. The quantitative estimate of drug-likeness (QED) is 0.698. The molecule has 30 heavy (non-hydrogen) atoms. The van der Waals surface area contributed by atoms with Crippen molar-refractivity contribution in [1.29, 1.82) is 0 Å². The Morgan fingerprint density at radius 3 is 2.23 bits per heavy atom. The second-order valence-electron chi connectivity index (χ2n) is 7.79. The van der Waals surface area contributed by atoms with Crippen LogP contribution in [0.15, 0.2) is 40.1 Å². The van der Waals surface area contributed by atoms with E-state index in [1.807, 2.05) is 27.7 Å². The number of pyridine rings is 1. The minimum absolute atomic E-state index is 0.000887. The molecule has 1 aromatic carbocycles. The molecule has 1 N–H and O–H groups in total. The zero-order chi connectivity index (χ0) is 22.2. The molecule has 8 heteroatoms. The van der Waals surface area contributed by atoms with Crippen LogP contribution in [-0.2, 0) is 14.1 Å². The van der Waals surface area contributed by atoms with Crippen molar-refractivity contribution in [1.82, 2.24) is 14.1 Å². The number of ether oxygens (including phenoxy) is 1. The molecule has 0 saturated carbocycles. The van der Waals surface area contributed by atoms with Crippen molar-refractivity contribution in [3.8, 4) is 5.75 Å². The molecular formula is C22H26N4O4. The van der Waals surface area contributed by atoms with Gasteiger partial charge in [-0.25, -0.2) is 9.78 Å². The van der Waals surface area contributed by atoms with E-state index in [1.54, 1.807) is 37.5 Å². The molecule has 3 rings (SSSR count). The van der Waals surface area contributed by atoms with E-state index in [9.17, 15) is 14.4 Å². The SMILES string of the molecule is CC(C)Oc1ccc(C(=O)Nc2c(C(C)C)cnc3c2c(=O)n(C)c(=O)n3C)cc1. The Kier molecular flexibility index (Phi) is 5.78. The van der Waals surface area contributed by atoms with Crippen molar-refractivity contribution in [3.05, 3.63) is 62.4 Å². The highest BCUT2D eigenvalue weighted by atomic mass is 16.5. The van der Waals surface area contributed by atoms with E-state index in [1.165, 1.54) is 11.6 Å². The van der Waals surface area contributed by atoms with Gasteiger partial charge in [0.05, 0.1) is 11.8 Å². The number of benzene rings is 1. The van der Waals surface area contributed by atoms with E-state index in [-0.39, 0.29) is 29.0 Å². The van der Waals surface area contributed by atoms with Gasteiger partial charge in [0.25, 0.3) is 11.5 Å². The fourth-order valence-electron chi connectivity index (χ4n) is 3.26. The minimum Gasteiger partial charge on any atom is -0.491 e. The highest BCUT2D eigenvalue weighted by Gasteiger charge is 2.21. The molecular weight excluding hydrogens is 384 g/mol. The van der Waals surface area contributed by atoms with E-state index >= 15 is 0 Å². The Hall–Kier alpha value is -3.42. The lowest BCUT2D eigenvalue weighted by molar-refractivity contribution is 0.102. The van der Waals surface area contributed by atoms with Gasteiger partial charge in [0.15, 0.2) is 5.65 Å². The van der Waals surface area contributed by atoms with E-state index in [0.29, 0.717) is 22.6 Å². The van der Waals surface area contributed by atoms with Crippen molar-refractivity contribution in [2.24, 2.45) is 14.1 Å². The molecule has 0 saturated heterocycles. The lowest BCUT2D eigenvalue weighted by Gasteiger charge is -2.17. The second kappa shape index (κ2) is 8.14. The van der Waals surface area contributed by atoms with Crippen LogP contribution in [0.1, 0.15) is 49.5 Å². The van der Waals surface area contributed by atoms with E-state index in [0.717, 1.165) is 4.57 Å². The Morgan fingerprint density at radius 1 is 1.03 bits per heavy atom. The molecule has 0 fully saturated rings. The lowest BCUT2D eigenvalue weighted by Crippen LogP contribution is -2.38. The summed E-state index contributed by atoms with van der Waals surface area (Å²) in [6.07, 6.45) is 1.63. The van der Waals surface area contributed by atoms with Crippen molar-refractivity contribution < 1.29 is 9.53 Å². The lowest BCUT2D eigenvalue weighted by atomic mass is 10.0. The topological polar surface area (TPSA) is 95.2 Å². The van der Waals surface area contributed by atoms with Crippen LogP contribution in [0, 0.1) is 0 Å². The number of hydrogen-bond donors (Lipinski definition) is 1. The summed E-state index contributed by atoms with van der Waals surface area (Å²) in [6, 6.07) is 6.79. The van der Waals surface area contributed by atoms with Crippen LogP contribution in [0.5, 0.6) is 5.75 Å². The number of hydrogen-bond acceptors (Lipinski definition) is 5. The first-order valence-corrected chi connectivity index (χ1v) is 9.78. The summed E-state index contributed by atoms with van der Waals surface area (Å²) >= 11 is 0. The van der Waals surface area contributed by atoms with Gasteiger partial charge in [0, 0.05) is 25.9 Å². The Labute approximate surface area is 174 Å². The van der Waals surface area contributed by atoms with Crippen LogP contribution >= 0.6 is 0 Å². The molecule has 0 spiro atoms. The second-order valence-corrected chi connectivity index (χ2v) is 7.79. The van der Waals surface area contributed by atoms with E-state index < -0.39 is 11.2 Å². The number of carbonyl (C=O) groups is 1. The first kappa shape index (κ1) is 21.3. The first-order valence-electron chi connectivity index (χ1n) is 9.78. The average molecular weight is 410 g/mol. The summed E-state index contributed by atoms with van der Waals surface area (Å²) in [5.74, 6) is 0.306. The number of aromatic nitrogens is 3. The van der Waals surface area contributed by atoms with Crippen LogP contribution in [0.25, 0.3) is 11.0 Å². The number of anilines is 1. The highest BCUT2D eigenvalue weighted by molar-refractivity contribution is 6.09. The number of rotatable bonds is 5. The van der Waals surface area contributed by atoms with Crippen LogP contribution in [0.4, 0.5) is 5.69 Å². The largest absolute Gasteiger partial charge is 0.491 e. The van der Waals surface area contributed by atoms with Gasteiger partial charge >= 0.3 is 5.69 Å². The normalized spacial score (nSPS) is 11.3. The number of nitrogens with one attached hydrogen (secondary N) is 1. The van der Waals surface area contributed by atoms with Gasteiger partial charge in [-0.3, -0.25) is 18.7 Å². The summed E-state index contributed by atoms with van der Waals surface area (Å²) in [4.78, 5) is 42.5. The molecule has 2 aromatic heterocycles. The standard InChI is InChI=1S/C22H26N4O4/c1-12(2)16-11-23-19-17(21(28)26(6)22(29)25(19)5)18(16)24-20(27)14-7-9-15(10-8-14)30-13(3)4/h7-13H,1-6H3,(H,23,24,27). The number of amides is 1. The Bertz CT molecular complexity index is 1220. The van der Waals surface area contributed by atoms with Crippen LogP contribution in [0.3, 0.4) is 0 Å². The van der Waals surface area contributed by atoms with E-state index in [4.69, 9.17) is 4.74 Å². The zero-order valence-electron chi connectivity index (χ0n) is 18.0. The molecule has 8 nitrogen and oxygen atoms in total. The van der Waals surface area contributed by atoms with Gasteiger partial charge in [-0.05, 0) is 49.6 Å². The number of aryl methyl sites for hydroxylation is 1. The molecule has 0 aliphatic heterocycles. The maximum absolute atomic E-state index is 13.0. The summed E-state index contributed by atoms with van der Waals surface area (Å²) < 4.78 is 7.93. The monoisotopic (exact) mass is 410 g/mol. The van der Waals surface area contributed by atoms with Gasteiger partial charge in [-0.2, -0.15) is 0 Å². The third kappa shape index (κ3) is 3.85. The average Bonchev–Trinajstić information content (AvgIpc) is 2.70. The van der Waals surface area contributed by atoms with Gasteiger partial charge < -0.3 is 10.1 Å². The molecule has 0 aliphatic carbocycles. The Balaban J connectivity index is 2.12. The summed E-state index contributed by atoms with van der Waals surface area (Å²) in [5, 5.41) is 3.09. The molecule has 0 radical (unpaired) electrons. The number of fused-ring (bicyclic) bond motifs is 1. The smallest absolute Gasteiger partial charge is 0.332 e. The fraction of sp³-hybridized carbons (Fsp3) is 0.364. The van der Waals surface area contributed by atoms with Crippen LogP contribution < -0.4 is 21.3 Å². The third-order valence-electron chi connectivity index (χ3n) is 4.85. The summed E-state index contributed by atoms with van der Waals surface area (Å²) in [7, 11) is 2.95. The van der Waals surface area contributed by atoms with Gasteiger partial charge in [0.2, 0.25) is 0 Å².